The van der Waals surface area contributed by atoms with Crippen LogP contribution in [0.4, 0.5) is 5.69 Å². The average molecular weight is 440 g/mol. The van der Waals surface area contributed by atoms with E-state index in [1.807, 2.05) is 19.1 Å². The summed E-state index contributed by atoms with van der Waals surface area (Å²) in [4.78, 5) is 23.0. The van der Waals surface area contributed by atoms with Gasteiger partial charge in [-0.3, -0.25) is 14.9 Å². The number of thioether (sulfide) groups is 1. The van der Waals surface area contributed by atoms with E-state index in [0.717, 1.165) is 11.1 Å². The summed E-state index contributed by atoms with van der Waals surface area (Å²) in [5.41, 5.74) is 3.24. The molecule has 3 rings (SSSR count). The lowest BCUT2D eigenvalue weighted by Crippen LogP contribution is -2.27. The minimum atomic E-state index is -0.501. The molecule has 0 unspecified atom stereocenters. The van der Waals surface area contributed by atoms with Crippen LogP contribution in [0.1, 0.15) is 30.9 Å². The Morgan fingerprint density at radius 1 is 1.30 bits per heavy atom. The van der Waals surface area contributed by atoms with Crippen molar-refractivity contribution in [3.8, 4) is 6.07 Å². The molecule has 1 atom stereocenters. The number of ketones is 1. The van der Waals surface area contributed by atoms with E-state index in [0.29, 0.717) is 32.6 Å². The Hall–Kier alpha value is -3.08. The van der Waals surface area contributed by atoms with Gasteiger partial charge in [-0.1, -0.05) is 35.9 Å². The normalized spacial score (nSPS) is 16.1. The maximum atomic E-state index is 12.4. The number of rotatable bonds is 6. The highest BCUT2D eigenvalue weighted by Gasteiger charge is 2.33. The quantitative estimate of drug-likeness (QED) is 0.473. The standard InChI is InChI=1S/C22H18ClN3O3S/c1-13-20(14(2)27)21(16-6-8-17(23)9-7-16)19(11-24)22(25-13)30-12-15-4-3-5-18(10-15)26(28)29/h3-10,21,25H,12H2,1-2H3/t21-/m1/s1. The van der Waals surface area contributed by atoms with Gasteiger partial charge in [-0.2, -0.15) is 5.26 Å². The van der Waals surface area contributed by atoms with Crippen molar-refractivity contribution in [1.82, 2.24) is 5.32 Å². The summed E-state index contributed by atoms with van der Waals surface area (Å²) in [6.45, 7) is 3.29. The van der Waals surface area contributed by atoms with Crippen molar-refractivity contribution >= 4 is 34.8 Å². The Morgan fingerprint density at radius 3 is 2.60 bits per heavy atom. The number of allylic oxidation sites excluding steroid dienone is 3. The molecule has 1 aliphatic heterocycles. The van der Waals surface area contributed by atoms with E-state index in [1.165, 1.54) is 30.8 Å². The van der Waals surface area contributed by atoms with Gasteiger partial charge in [-0.05, 0) is 37.1 Å². The van der Waals surface area contributed by atoms with Crippen molar-refractivity contribution in [3.05, 3.63) is 96.7 Å². The smallest absolute Gasteiger partial charge is 0.269 e. The van der Waals surface area contributed by atoms with Gasteiger partial charge in [0.1, 0.15) is 0 Å². The van der Waals surface area contributed by atoms with Gasteiger partial charge >= 0.3 is 0 Å². The summed E-state index contributed by atoms with van der Waals surface area (Å²) in [6.07, 6.45) is 0. The van der Waals surface area contributed by atoms with Gasteiger partial charge < -0.3 is 5.32 Å². The van der Waals surface area contributed by atoms with E-state index in [9.17, 15) is 20.2 Å². The summed E-state index contributed by atoms with van der Waals surface area (Å²) >= 11 is 7.38. The molecule has 2 aromatic carbocycles. The lowest BCUT2D eigenvalue weighted by molar-refractivity contribution is -0.384. The molecule has 152 valence electrons. The van der Waals surface area contributed by atoms with E-state index < -0.39 is 10.8 Å². The van der Waals surface area contributed by atoms with Gasteiger partial charge in [0.15, 0.2) is 5.78 Å². The van der Waals surface area contributed by atoms with Crippen molar-refractivity contribution in [2.45, 2.75) is 25.5 Å². The monoisotopic (exact) mass is 439 g/mol. The Morgan fingerprint density at radius 2 is 2.00 bits per heavy atom. The minimum Gasteiger partial charge on any atom is -0.353 e. The second-order valence-corrected chi connectivity index (χ2v) is 8.20. The predicted octanol–water partition coefficient (Wildman–Crippen LogP) is 5.47. The van der Waals surface area contributed by atoms with Crippen LogP contribution in [0.15, 0.2) is 70.4 Å². The van der Waals surface area contributed by atoms with Crippen LogP contribution in [0.3, 0.4) is 0 Å². The zero-order valence-electron chi connectivity index (χ0n) is 16.3. The molecule has 0 radical (unpaired) electrons. The second kappa shape index (κ2) is 9.16. The lowest BCUT2D eigenvalue weighted by atomic mass is 9.81. The highest BCUT2D eigenvalue weighted by Crippen LogP contribution is 2.41. The lowest BCUT2D eigenvalue weighted by Gasteiger charge is -2.29. The molecule has 0 fully saturated rings. The molecule has 0 aromatic heterocycles. The topological polar surface area (TPSA) is 96.0 Å². The first-order chi connectivity index (χ1) is 14.3. The van der Waals surface area contributed by atoms with Gasteiger partial charge in [0, 0.05) is 34.2 Å². The van der Waals surface area contributed by atoms with Gasteiger partial charge in [0.2, 0.25) is 0 Å². The van der Waals surface area contributed by atoms with Gasteiger partial charge in [0.05, 0.1) is 27.5 Å². The molecule has 0 aliphatic carbocycles. The number of halogens is 1. The summed E-state index contributed by atoms with van der Waals surface area (Å²) in [5.74, 6) is -0.181. The number of nitro benzene ring substituents is 1. The zero-order chi connectivity index (χ0) is 21.8. The number of carbonyl (C=O) groups is 1. The summed E-state index contributed by atoms with van der Waals surface area (Å²) in [6, 6.07) is 15.7. The fourth-order valence-electron chi connectivity index (χ4n) is 3.40. The van der Waals surface area contributed by atoms with Crippen LogP contribution in [-0.4, -0.2) is 10.7 Å². The third kappa shape index (κ3) is 4.56. The number of nitro groups is 1. The molecule has 0 amide bonds. The van der Waals surface area contributed by atoms with E-state index in [2.05, 4.69) is 11.4 Å². The van der Waals surface area contributed by atoms with Crippen LogP contribution in [0, 0.1) is 21.4 Å². The van der Waals surface area contributed by atoms with E-state index in [1.54, 1.807) is 24.3 Å². The number of nitriles is 1. The van der Waals surface area contributed by atoms with E-state index in [4.69, 9.17) is 11.6 Å². The predicted molar refractivity (Wildman–Crippen MR) is 118 cm³/mol. The van der Waals surface area contributed by atoms with Crippen LogP contribution in [0.2, 0.25) is 5.02 Å². The first-order valence-corrected chi connectivity index (χ1v) is 10.4. The molecule has 6 nitrogen and oxygen atoms in total. The van der Waals surface area contributed by atoms with Gasteiger partial charge in [-0.25, -0.2) is 0 Å². The van der Waals surface area contributed by atoms with Crippen molar-refractivity contribution in [1.29, 1.82) is 5.26 Å². The highest BCUT2D eigenvalue weighted by atomic mass is 35.5. The van der Waals surface area contributed by atoms with E-state index in [-0.39, 0.29) is 11.5 Å². The summed E-state index contributed by atoms with van der Waals surface area (Å²) in [5, 5.41) is 25.3. The maximum Gasteiger partial charge on any atom is 0.269 e. The summed E-state index contributed by atoms with van der Waals surface area (Å²) in [7, 11) is 0. The summed E-state index contributed by atoms with van der Waals surface area (Å²) < 4.78 is 0. The molecule has 2 aromatic rings. The number of hydrogen-bond acceptors (Lipinski definition) is 6. The van der Waals surface area contributed by atoms with Crippen LogP contribution in [0.25, 0.3) is 0 Å². The fraction of sp³-hybridized carbons (Fsp3) is 0.182. The highest BCUT2D eigenvalue weighted by molar-refractivity contribution is 8.02. The molecule has 1 aliphatic rings. The number of carbonyl (C=O) groups excluding carboxylic acids is 1. The van der Waals surface area contributed by atoms with Crippen LogP contribution >= 0.6 is 23.4 Å². The molecule has 30 heavy (non-hydrogen) atoms. The SMILES string of the molecule is CC(=O)C1=C(C)NC(SCc2cccc([N+](=O)[O-])c2)=C(C#N)[C@H]1c1ccc(Cl)cc1. The third-order valence-electron chi connectivity index (χ3n) is 4.73. The molecule has 8 heteroatoms. The van der Waals surface area contributed by atoms with Crippen molar-refractivity contribution in [2.75, 3.05) is 0 Å². The molecule has 0 saturated carbocycles. The molecule has 0 saturated heterocycles. The zero-order valence-corrected chi connectivity index (χ0v) is 17.9. The van der Waals surface area contributed by atoms with Crippen molar-refractivity contribution in [2.24, 2.45) is 0 Å². The molecule has 0 bridgehead atoms. The number of nitrogens with one attached hydrogen (secondary N) is 1. The van der Waals surface area contributed by atoms with Gasteiger partial charge in [0.25, 0.3) is 5.69 Å². The molecule has 0 spiro atoms. The Kier molecular flexibility index (Phi) is 6.60. The Labute approximate surface area is 183 Å². The van der Waals surface area contributed by atoms with Crippen LogP contribution in [0.5, 0.6) is 0 Å². The van der Waals surface area contributed by atoms with Crippen molar-refractivity contribution < 1.29 is 9.72 Å². The number of hydrogen-bond donors (Lipinski definition) is 1. The van der Waals surface area contributed by atoms with E-state index >= 15 is 0 Å². The third-order valence-corrected chi connectivity index (χ3v) is 6.07. The minimum absolute atomic E-state index is 0.0215. The molecular formula is C22H18ClN3O3S. The molecule has 1 N–H and O–H groups in total. The first-order valence-electron chi connectivity index (χ1n) is 9.06. The molecule has 1 heterocycles. The maximum absolute atomic E-state index is 12.4. The number of nitrogens with zero attached hydrogens (tertiary/aromatic N) is 2. The number of non-ortho nitro benzene ring substituents is 1. The first kappa shape index (κ1) is 21.6. The van der Waals surface area contributed by atoms with Crippen LogP contribution < -0.4 is 5.32 Å². The van der Waals surface area contributed by atoms with Crippen LogP contribution in [-0.2, 0) is 10.5 Å². The largest absolute Gasteiger partial charge is 0.353 e. The number of dihydropyridines is 1. The number of benzene rings is 2. The number of Topliss-reactive ketones (excluding diaryl/α,β-unsaturated/α-hetero) is 1. The molecular weight excluding hydrogens is 422 g/mol. The average Bonchev–Trinajstić information content (AvgIpc) is 2.72. The fourth-order valence-corrected chi connectivity index (χ4v) is 4.56. The van der Waals surface area contributed by atoms with Crippen molar-refractivity contribution in [3.63, 3.8) is 0 Å². The Bertz CT molecular complexity index is 1120. The second-order valence-electron chi connectivity index (χ2n) is 6.77. The Balaban J connectivity index is 1.98. The van der Waals surface area contributed by atoms with Gasteiger partial charge in [-0.15, -0.1) is 11.8 Å².